The molecule has 0 heterocycles. The topological polar surface area (TPSA) is 0 Å². The minimum atomic E-state index is 1.33. The van der Waals surface area contributed by atoms with Crippen molar-refractivity contribution < 1.29 is 0 Å². The Balaban J connectivity index is 0. The monoisotopic (exact) mass is 290 g/mol. The lowest BCUT2D eigenvalue weighted by atomic mass is 10.1. The molecular formula is C19H30S. The smallest absolute Gasteiger partial charge is 0.0215 e. The molecule has 20 heavy (non-hydrogen) atoms. The van der Waals surface area contributed by atoms with Crippen LogP contribution in [-0.4, -0.2) is 6.26 Å². The van der Waals surface area contributed by atoms with E-state index in [1.54, 1.807) is 6.26 Å². The second-order valence-electron chi connectivity index (χ2n) is 4.24. The second-order valence-corrected chi connectivity index (χ2v) is 4.24. The van der Waals surface area contributed by atoms with E-state index in [-0.39, 0.29) is 0 Å². The lowest BCUT2D eigenvalue weighted by molar-refractivity contribution is 1.34. The van der Waals surface area contributed by atoms with E-state index >= 15 is 0 Å². The Hall–Kier alpha value is -1.21. The van der Waals surface area contributed by atoms with E-state index < -0.39 is 0 Å². The standard InChI is InChI=1S/2C8H10.C2H6.CH4S/c1-7-3-5-8(2)6-4-7;1-7-5-3-4-6-8(7)2;2*1-2/h2*3-6H,1-2H3;1-2H3;2H,1H3. The number of thiol groups is 1. The summed E-state index contributed by atoms with van der Waals surface area (Å²) in [6, 6.07) is 16.8. The Morgan fingerprint density at radius 2 is 0.800 bits per heavy atom. The van der Waals surface area contributed by atoms with E-state index in [1.165, 1.54) is 22.3 Å². The third-order valence-electron chi connectivity index (χ3n) is 2.64. The van der Waals surface area contributed by atoms with Gasteiger partial charge < -0.3 is 0 Å². The molecule has 0 spiro atoms. The Bertz CT molecular complexity index is 388. The number of benzene rings is 2. The maximum absolute atomic E-state index is 3.53. The predicted octanol–water partition coefficient (Wildman–Crippen LogP) is 6.18. The van der Waals surface area contributed by atoms with E-state index in [0.717, 1.165) is 0 Å². The number of hydrogen-bond acceptors (Lipinski definition) is 1. The summed E-state index contributed by atoms with van der Waals surface area (Å²) in [6.45, 7) is 12.4. The van der Waals surface area contributed by atoms with Crippen LogP contribution in [0.5, 0.6) is 0 Å². The molecule has 0 amide bonds. The van der Waals surface area contributed by atoms with Crippen molar-refractivity contribution in [2.24, 2.45) is 0 Å². The summed E-state index contributed by atoms with van der Waals surface area (Å²) in [5.74, 6) is 0. The summed E-state index contributed by atoms with van der Waals surface area (Å²) >= 11 is 3.53. The maximum atomic E-state index is 3.53. The molecule has 0 saturated heterocycles. The highest BCUT2D eigenvalue weighted by Crippen LogP contribution is 2.02. The van der Waals surface area contributed by atoms with Crippen molar-refractivity contribution in [2.45, 2.75) is 41.5 Å². The highest BCUT2D eigenvalue weighted by Gasteiger charge is 1.83. The van der Waals surface area contributed by atoms with Crippen molar-refractivity contribution in [2.75, 3.05) is 6.26 Å². The van der Waals surface area contributed by atoms with Gasteiger partial charge in [-0.2, -0.15) is 12.6 Å². The average Bonchev–Trinajstić information content (AvgIpc) is 2.50. The highest BCUT2D eigenvalue weighted by molar-refractivity contribution is 7.79. The second kappa shape index (κ2) is 14.2. The molecule has 0 nitrogen and oxygen atoms in total. The van der Waals surface area contributed by atoms with Gasteiger partial charge in [0, 0.05) is 0 Å². The fourth-order valence-corrected chi connectivity index (χ4v) is 1.30. The molecular weight excluding hydrogens is 260 g/mol. The number of rotatable bonds is 0. The largest absolute Gasteiger partial charge is 0.183 e. The van der Waals surface area contributed by atoms with E-state index in [4.69, 9.17) is 0 Å². The third-order valence-corrected chi connectivity index (χ3v) is 2.64. The average molecular weight is 291 g/mol. The van der Waals surface area contributed by atoms with Crippen LogP contribution in [0.2, 0.25) is 0 Å². The van der Waals surface area contributed by atoms with Crippen LogP contribution in [0.3, 0.4) is 0 Å². The van der Waals surface area contributed by atoms with Gasteiger partial charge in [0.1, 0.15) is 0 Å². The van der Waals surface area contributed by atoms with Crippen LogP contribution in [0.1, 0.15) is 36.1 Å². The summed E-state index contributed by atoms with van der Waals surface area (Å²) in [6.07, 6.45) is 1.69. The van der Waals surface area contributed by atoms with Crippen molar-refractivity contribution in [3.05, 3.63) is 70.8 Å². The molecule has 2 aromatic carbocycles. The molecule has 0 aromatic heterocycles. The quantitative estimate of drug-likeness (QED) is 0.550. The van der Waals surface area contributed by atoms with Gasteiger partial charge in [0.15, 0.2) is 0 Å². The van der Waals surface area contributed by atoms with Gasteiger partial charge in [-0.3, -0.25) is 0 Å². The molecule has 112 valence electrons. The zero-order valence-electron chi connectivity index (χ0n) is 14.1. The fraction of sp³-hybridized carbons (Fsp3) is 0.368. The molecule has 2 aromatic rings. The first kappa shape index (κ1) is 21.1. The highest BCUT2D eigenvalue weighted by atomic mass is 32.1. The van der Waals surface area contributed by atoms with E-state index in [9.17, 15) is 0 Å². The van der Waals surface area contributed by atoms with E-state index in [0.29, 0.717) is 0 Å². The van der Waals surface area contributed by atoms with Crippen molar-refractivity contribution in [1.82, 2.24) is 0 Å². The van der Waals surface area contributed by atoms with Crippen LogP contribution in [-0.2, 0) is 0 Å². The predicted molar refractivity (Wildman–Crippen MR) is 98.1 cm³/mol. The summed E-state index contributed by atoms with van der Waals surface area (Å²) in [4.78, 5) is 0. The summed E-state index contributed by atoms with van der Waals surface area (Å²) in [5, 5.41) is 0. The van der Waals surface area contributed by atoms with Gasteiger partial charge in [-0.25, -0.2) is 0 Å². The molecule has 0 radical (unpaired) electrons. The summed E-state index contributed by atoms with van der Waals surface area (Å²) < 4.78 is 0. The normalized spacial score (nSPS) is 8.00. The minimum Gasteiger partial charge on any atom is -0.183 e. The lowest BCUT2D eigenvalue weighted by Gasteiger charge is -1.93. The summed E-state index contributed by atoms with van der Waals surface area (Å²) in [5.41, 5.74) is 5.39. The lowest BCUT2D eigenvalue weighted by Crippen LogP contribution is -1.74. The molecule has 0 atom stereocenters. The van der Waals surface area contributed by atoms with Crippen LogP contribution in [0.4, 0.5) is 0 Å². The van der Waals surface area contributed by atoms with Crippen molar-refractivity contribution in [3.8, 4) is 0 Å². The van der Waals surface area contributed by atoms with Gasteiger partial charge >= 0.3 is 0 Å². The van der Waals surface area contributed by atoms with Crippen molar-refractivity contribution >= 4 is 12.6 Å². The first-order valence-electron chi connectivity index (χ1n) is 7.10. The number of hydrogen-bond donors (Lipinski definition) is 1. The first-order valence-corrected chi connectivity index (χ1v) is 7.99. The molecule has 0 aliphatic rings. The van der Waals surface area contributed by atoms with Crippen LogP contribution in [0, 0.1) is 27.7 Å². The Morgan fingerprint density at radius 1 is 0.550 bits per heavy atom. The Morgan fingerprint density at radius 3 is 1.00 bits per heavy atom. The molecule has 0 aliphatic heterocycles. The van der Waals surface area contributed by atoms with Gasteiger partial charge in [0.05, 0.1) is 0 Å². The molecule has 0 unspecified atom stereocenters. The maximum Gasteiger partial charge on any atom is -0.0215 e. The Kier molecular flexibility index (Phi) is 15.0. The zero-order chi connectivity index (χ0) is 16.0. The van der Waals surface area contributed by atoms with Gasteiger partial charge in [0.2, 0.25) is 0 Å². The van der Waals surface area contributed by atoms with Gasteiger partial charge in [-0.15, -0.1) is 0 Å². The molecule has 2 rings (SSSR count). The molecule has 0 fully saturated rings. The van der Waals surface area contributed by atoms with Crippen LogP contribution < -0.4 is 0 Å². The summed E-state index contributed by atoms with van der Waals surface area (Å²) in [7, 11) is 0. The molecule has 1 heteroatoms. The van der Waals surface area contributed by atoms with E-state index in [2.05, 4.69) is 88.9 Å². The molecule has 0 N–H and O–H groups in total. The Labute approximate surface area is 131 Å². The van der Waals surface area contributed by atoms with Gasteiger partial charge in [0.25, 0.3) is 0 Å². The SMILES string of the molecule is CC.CS.Cc1ccc(C)cc1.Cc1ccccc1C. The molecule has 0 saturated carbocycles. The van der Waals surface area contributed by atoms with Crippen LogP contribution in [0.25, 0.3) is 0 Å². The van der Waals surface area contributed by atoms with Gasteiger partial charge in [-0.1, -0.05) is 73.5 Å². The number of aryl methyl sites for hydroxylation is 4. The van der Waals surface area contributed by atoms with Crippen LogP contribution >= 0.6 is 12.6 Å². The van der Waals surface area contributed by atoms with E-state index in [1.807, 2.05) is 13.8 Å². The zero-order valence-corrected chi connectivity index (χ0v) is 15.0. The third kappa shape index (κ3) is 10.7. The van der Waals surface area contributed by atoms with Crippen molar-refractivity contribution in [3.63, 3.8) is 0 Å². The molecule has 0 aliphatic carbocycles. The van der Waals surface area contributed by atoms with Gasteiger partial charge in [-0.05, 0) is 45.1 Å². The molecule has 0 bridgehead atoms. The fourth-order valence-electron chi connectivity index (χ4n) is 1.30. The minimum absolute atomic E-state index is 1.33. The van der Waals surface area contributed by atoms with Crippen LogP contribution in [0.15, 0.2) is 48.5 Å². The van der Waals surface area contributed by atoms with Crippen molar-refractivity contribution in [1.29, 1.82) is 0 Å². The first-order chi connectivity index (χ1) is 9.59.